The maximum atomic E-state index is 12.1. The van der Waals surface area contributed by atoms with Gasteiger partial charge in [0.15, 0.2) is 0 Å². The van der Waals surface area contributed by atoms with Gasteiger partial charge in [0.2, 0.25) is 5.91 Å². The summed E-state index contributed by atoms with van der Waals surface area (Å²) >= 11 is 11.9. The summed E-state index contributed by atoms with van der Waals surface area (Å²) in [7, 11) is -2.97. The molecule has 1 N–H and O–H groups in total. The number of sulfone groups is 1. The highest BCUT2D eigenvalue weighted by Crippen LogP contribution is 2.31. The molecule has 1 heterocycles. The second-order valence-electron chi connectivity index (χ2n) is 4.51. The molecule has 19 heavy (non-hydrogen) atoms. The van der Waals surface area contributed by atoms with E-state index in [-0.39, 0.29) is 23.3 Å². The lowest BCUT2D eigenvalue weighted by atomic mass is 10.0. The van der Waals surface area contributed by atoms with Gasteiger partial charge >= 0.3 is 0 Å². The molecule has 2 rings (SSSR count). The van der Waals surface area contributed by atoms with E-state index < -0.39 is 9.84 Å². The quantitative estimate of drug-likeness (QED) is 0.911. The first kappa shape index (κ1) is 14.6. The van der Waals surface area contributed by atoms with E-state index in [2.05, 4.69) is 5.32 Å². The van der Waals surface area contributed by atoms with Gasteiger partial charge in [-0.05, 0) is 25.0 Å². The summed E-state index contributed by atoms with van der Waals surface area (Å²) in [6.45, 7) is 0. The molecule has 1 aromatic carbocycles. The second kappa shape index (κ2) is 5.69. The lowest BCUT2D eigenvalue weighted by Crippen LogP contribution is -2.32. The number of carbonyl (C=O) groups is 1. The second-order valence-corrected chi connectivity index (χ2v) is 7.63. The molecule has 7 heteroatoms. The summed E-state index contributed by atoms with van der Waals surface area (Å²) in [6.07, 6.45) is 0.687. The van der Waals surface area contributed by atoms with Gasteiger partial charge in [0, 0.05) is 5.92 Å². The molecule has 0 bridgehead atoms. The zero-order valence-electron chi connectivity index (χ0n) is 10.0. The van der Waals surface area contributed by atoms with Crippen LogP contribution in [0.5, 0.6) is 0 Å². The summed E-state index contributed by atoms with van der Waals surface area (Å²) in [6, 6.07) is 4.95. The van der Waals surface area contributed by atoms with Crippen LogP contribution in [0.1, 0.15) is 12.8 Å². The smallest absolute Gasteiger partial charge is 0.227 e. The highest BCUT2D eigenvalue weighted by atomic mass is 35.5. The Morgan fingerprint density at radius 2 is 1.68 bits per heavy atom. The average molecular weight is 322 g/mol. The van der Waals surface area contributed by atoms with Crippen molar-refractivity contribution in [1.82, 2.24) is 0 Å². The third-order valence-electron chi connectivity index (χ3n) is 3.14. The molecule has 0 aromatic heterocycles. The van der Waals surface area contributed by atoms with Crippen LogP contribution in [-0.4, -0.2) is 25.8 Å². The molecule has 104 valence electrons. The molecule has 0 atom stereocenters. The van der Waals surface area contributed by atoms with Crippen molar-refractivity contribution in [2.45, 2.75) is 12.8 Å². The zero-order chi connectivity index (χ0) is 14.0. The molecule has 0 unspecified atom stereocenters. The molecular weight excluding hydrogens is 309 g/mol. The first-order chi connectivity index (χ1) is 8.89. The Kier molecular flexibility index (Phi) is 4.38. The normalized spacial score (nSPS) is 19.1. The topological polar surface area (TPSA) is 63.2 Å². The van der Waals surface area contributed by atoms with E-state index in [0.717, 1.165) is 0 Å². The van der Waals surface area contributed by atoms with Crippen LogP contribution in [0.3, 0.4) is 0 Å². The standard InChI is InChI=1S/C12H13Cl2NO3S/c13-9-2-1-3-10(14)11(9)15-12(16)8-4-6-19(17,18)7-5-8/h1-3,8H,4-7H2,(H,15,16). The van der Waals surface area contributed by atoms with Crippen LogP contribution in [0.15, 0.2) is 18.2 Å². The van der Waals surface area contributed by atoms with Crippen LogP contribution in [-0.2, 0) is 14.6 Å². The largest absolute Gasteiger partial charge is 0.323 e. The lowest BCUT2D eigenvalue weighted by Gasteiger charge is -2.21. The van der Waals surface area contributed by atoms with Crippen LogP contribution >= 0.6 is 23.2 Å². The average Bonchev–Trinajstić information content (AvgIpc) is 2.33. The van der Waals surface area contributed by atoms with Gasteiger partial charge in [-0.15, -0.1) is 0 Å². The van der Waals surface area contributed by atoms with E-state index in [4.69, 9.17) is 23.2 Å². The number of amides is 1. The van der Waals surface area contributed by atoms with Gasteiger partial charge in [-0.3, -0.25) is 4.79 Å². The van der Waals surface area contributed by atoms with Gasteiger partial charge in [-0.2, -0.15) is 0 Å². The van der Waals surface area contributed by atoms with Crippen LogP contribution < -0.4 is 5.32 Å². The molecule has 0 spiro atoms. The summed E-state index contributed by atoms with van der Waals surface area (Å²) in [5.74, 6) is -0.427. The minimum absolute atomic E-state index is 0.0569. The minimum Gasteiger partial charge on any atom is -0.323 e. The Balaban J connectivity index is 2.06. The number of para-hydroxylation sites is 1. The van der Waals surface area contributed by atoms with Crippen LogP contribution in [0.2, 0.25) is 10.0 Å². The fraction of sp³-hybridized carbons (Fsp3) is 0.417. The predicted molar refractivity (Wildman–Crippen MR) is 76.5 cm³/mol. The molecule has 4 nitrogen and oxygen atoms in total. The fourth-order valence-corrected chi connectivity index (χ4v) is 3.98. The predicted octanol–water partition coefficient (Wildman–Crippen LogP) is 2.76. The summed E-state index contributed by atoms with van der Waals surface area (Å²) in [5.41, 5.74) is 0.379. The number of nitrogens with one attached hydrogen (secondary N) is 1. The summed E-state index contributed by atoms with van der Waals surface area (Å²) in [4.78, 5) is 12.1. The SMILES string of the molecule is O=C(Nc1c(Cl)cccc1Cl)C1CCS(=O)(=O)CC1. The molecule has 1 fully saturated rings. The molecule has 1 aromatic rings. The Morgan fingerprint density at radius 3 is 2.21 bits per heavy atom. The Labute approximate surface area is 122 Å². The lowest BCUT2D eigenvalue weighted by molar-refractivity contribution is -0.120. The van der Waals surface area contributed by atoms with E-state index >= 15 is 0 Å². The zero-order valence-corrected chi connectivity index (χ0v) is 12.4. The molecule has 0 saturated carbocycles. The van der Waals surface area contributed by atoms with Crippen molar-refractivity contribution in [3.8, 4) is 0 Å². The van der Waals surface area contributed by atoms with Crippen molar-refractivity contribution in [2.75, 3.05) is 16.8 Å². The number of anilines is 1. The van der Waals surface area contributed by atoms with Crippen molar-refractivity contribution < 1.29 is 13.2 Å². The highest BCUT2D eigenvalue weighted by molar-refractivity contribution is 7.91. The third kappa shape index (κ3) is 3.61. The van der Waals surface area contributed by atoms with E-state index in [0.29, 0.717) is 28.6 Å². The fourth-order valence-electron chi connectivity index (χ4n) is 1.99. The molecular formula is C12H13Cl2NO3S. The van der Waals surface area contributed by atoms with E-state index in [1.807, 2.05) is 0 Å². The van der Waals surface area contributed by atoms with Gasteiger partial charge < -0.3 is 5.32 Å². The van der Waals surface area contributed by atoms with Crippen molar-refractivity contribution >= 4 is 44.6 Å². The minimum atomic E-state index is -2.97. The van der Waals surface area contributed by atoms with Gasteiger partial charge in [-0.25, -0.2) is 8.42 Å². The Morgan fingerprint density at radius 1 is 1.16 bits per heavy atom. The van der Waals surface area contributed by atoms with E-state index in [1.165, 1.54) is 0 Å². The Bertz CT molecular complexity index is 567. The maximum absolute atomic E-state index is 12.1. The van der Waals surface area contributed by atoms with Gasteiger partial charge in [0.1, 0.15) is 9.84 Å². The van der Waals surface area contributed by atoms with Crippen LogP contribution in [0.25, 0.3) is 0 Å². The van der Waals surface area contributed by atoms with Crippen molar-refractivity contribution in [3.63, 3.8) is 0 Å². The summed E-state index contributed by atoms with van der Waals surface area (Å²) < 4.78 is 22.6. The molecule has 0 radical (unpaired) electrons. The number of halogens is 2. The first-order valence-corrected chi connectivity index (χ1v) is 8.42. The number of rotatable bonds is 2. The molecule has 1 aliphatic rings. The Hall–Kier alpha value is -0.780. The molecule has 1 amide bonds. The van der Waals surface area contributed by atoms with E-state index in [9.17, 15) is 13.2 Å². The number of carbonyl (C=O) groups excluding carboxylic acids is 1. The van der Waals surface area contributed by atoms with Crippen LogP contribution in [0, 0.1) is 5.92 Å². The number of hydrogen-bond donors (Lipinski definition) is 1. The third-order valence-corrected chi connectivity index (χ3v) is 5.48. The van der Waals surface area contributed by atoms with Crippen molar-refractivity contribution in [3.05, 3.63) is 28.2 Å². The van der Waals surface area contributed by atoms with E-state index in [1.54, 1.807) is 18.2 Å². The van der Waals surface area contributed by atoms with Crippen molar-refractivity contribution in [2.24, 2.45) is 5.92 Å². The molecule has 1 saturated heterocycles. The first-order valence-electron chi connectivity index (χ1n) is 5.84. The number of benzene rings is 1. The highest BCUT2D eigenvalue weighted by Gasteiger charge is 2.28. The molecule has 0 aliphatic carbocycles. The summed E-state index contributed by atoms with van der Waals surface area (Å²) in [5, 5.41) is 3.41. The van der Waals surface area contributed by atoms with Gasteiger partial charge in [0.05, 0.1) is 27.2 Å². The maximum Gasteiger partial charge on any atom is 0.227 e. The van der Waals surface area contributed by atoms with Gasteiger partial charge in [0.25, 0.3) is 0 Å². The van der Waals surface area contributed by atoms with Crippen LogP contribution in [0.4, 0.5) is 5.69 Å². The number of hydrogen-bond acceptors (Lipinski definition) is 3. The molecule has 1 aliphatic heterocycles. The monoisotopic (exact) mass is 321 g/mol. The van der Waals surface area contributed by atoms with Gasteiger partial charge in [-0.1, -0.05) is 29.3 Å². The van der Waals surface area contributed by atoms with Crippen molar-refractivity contribution in [1.29, 1.82) is 0 Å².